The fourth-order valence-corrected chi connectivity index (χ4v) is 2.95. The van der Waals surface area contributed by atoms with Crippen LogP contribution in [0, 0.1) is 5.82 Å². The van der Waals surface area contributed by atoms with Crippen LogP contribution in [0.2, 0.25) is 0 Å². The Morgan fingerprint density at radius 3 is 2.57 bits per heavy atom. The number of rotatable bonds is 7. The second-order valence-electron chi connectivity index (χ2n) is 5.88. The van der Waals surface area contributed by atoms with Crippen molar-refractivity contribution >= 4 is 15.9 Å². The van der Waals surface area contributed by atoms with Gasteiger partial charge in [-0.3, -0.25) is 4.79 Å². The Kier molecular flexibility index (Phi) is 5.76. The van der Waals surface area contributed by atoms with Crippen LogP contribution in [0.15, 0.2) is 70.0 Å². The van der Waals surface area contributed by atoms with Gasteiger partial charge in [-0.1, -0.05) is 12.1 Å². The zero-order chi connectivity index (χ0) is 20.1. The number of carbonyl (C=O) groups excluding carboxylic acids is 1. The molecule has 0 atom stereocenters. The molecule has 0 unspecified atom stereocenters. The first-order chi connectivity index (χ1) is 13.3. The van der Waals surface area contributed by atoms with Crippen molar-refractivity contribution in [2.45, 2.75) is 18.0 Å². The molecule has 3 N–H and O–H groups in total. The predicted molar refractivity (Wildman–Crippen MR) is 98.4 cm³/mol. The molecule has 1 heterocycles. The Balaban J connectivity index is 1.56. The number of hydrogen-bond donors (Lipinski definition) is 2. The number of sulfonamides is 1. The first-order valence-corrected chi connectivity index (χ1v) is 9.73. The van der Waals surface area contributed by atoms with Gasteiger partial charge in [0, 0.05) is 6.54 Å². The highest BCUT2D eigenvalue weighted by molar-refractivity contribution is 7.89. The number of nitrogens with one attached hydrogen (secondary N) is 1. The lowest BCUT2D eigenvalue weighted by atomic mass is 10.2. The predicted octanol–water partition coefficient (Wildman–Crippen LogP) is 2.58. The lowest BCUT2D eigenvalue weighted by molar-refractivity contribution is 0.0919. The number of nitrogens with two attached hydrogens (primary N) is 1. The fraction of sp³-hybridized carbons (Fsp3) is 0.105. The standard InChI is InChI=1S/C19H17FN2O5S/c20-14-4-6-15(7-5-14)26-12-16-8-9-18(27-16)19(23)22-11-13-2-1-3-17(10-13)28(21,24)25/h1-10H,11-12H2,(H,22,23)(H2,21,24,25). The van der Waals surface area contributed by atoms with Crippen LogP contribution in [-0.2, 0) is 23.2 Å². The molecule has 9 heteroatoms. The van der Waals surface area contributed by atoms with Crippen LogP contribution in [0.5, 0.6) is 5.75 Å². The van der Waals surface area contributed by atoms with Crippen LogP contribution in [-0.4, -0.2) is 14.3 Å². The average molecular weight is 404 g/mol. The molecule has 0 saturated carbocycles. The number of primary sulfonamides is 1. The van der Waals surface area contributed by atoms with Gasteiger partial charge in [0.25, 0.3) is 5.91 Å². The van der Waals surface area contributed by atoms with Gasteiger partial charge < -0.3 is 14.5 Å². The van der Waals surface area contributed by atoms with E-state index in [2.05, 4.69) is 5.32 Å². The number of halogens is 1. The first kappa shape index (κ1) is 19.6. The minimum absolute atomic E-state index is 0.0301. The third kappa shape index (κ3) is 5.18. The quantitative estimate of drug-likeness (QED) is 0.629. The van der Waals surface area contributed by atoms with Crippen molar-refractivity contribution in [2.24, 2.45) is 5.14 Å². The third-order valence-corrected chi connectivity index (χ3v) is 4.67. The van der Waals surface area contributed by atoms with E-state index in [1.807, 2.05) is 0 Å². The minimum atomic E-state index is -3.81. The van der Waals surface area contributed by atoms with Crippen LogP contribution >= 0.6 is 0 Å². The molecule has 1 aromatic heterocycles. The third-order valence-electron chi connectivity index (χ3n) is 3.76. The van der Waals surface area contributed by atoms with E-state index in [-0.39, 0.29) is 29.6 Å². The molecule has 0 radical (unpaired) electrons. The average Bonchev–Trinajstić information content (AvgIpc) is 3.14. The summed E-state index contributed by atoms with van der Waals surface area (Å²) in [6.07, 6.45) is 0. The van der Waals surface area contributed by atoms with Gasteiger partial charge in [-0.2, -0.15) is 0 Å². The summed E-state index contributed by atoms with van der Waals surface area (Å²) in [7, 11) is -3.81. The lowest BCUT2D eigenvalue weighted by Crippen LogP contribution is -2.22. The van der Waals surface area contributed by atoms with Crippen molar-refractivity contribution in [1.29, 1.82) is 0 Å². The fourth-order valence-electron chi connectivity index (χ4n) is 2.36. The molecule has 0 aliphatic heterocycles. The number of benzene rings is 2. The van der Waals surface area contributed by atoms with Gasteiger partial charge in [-0.25, -0.2) is 17.9 Å². The first-order valence-electron chi connectivity index (χ1n) is 8.18. The minimum Gasteiger partial charge on any atom is -0.486 e. The molecule has 3 aromatic rings. The van der Waals surface area contributed by atoms with Crippen LogP contribution in [0.1, 0.15) is 21.9 Å². The van der Waals surface area contributed by atoms with Crippen LogP contribution < -0.4 is 15.2 Å². The van der Waals surface area contributed by atoms with Gasteiger partial charge >= 0.3 is 0 Å². The molecule has 7 nitrogen and oxygen atoms in total. The molecule has 28 heavy (non-hydrogen) atoms. The SMILES string of the molecule is NS(=O)(=O)c1cccc(CNC(=O)c2ccc(COc3ccc(F)cc3)o2)c1. The van der Waals surface area contributed by atoms with E-state index >= 15 is 0 Å². The van der Waals surface area contributed by atoms with Crippen molar-refractivity contribution < 1.29 is 26.8 Å². The summed E-state index contributed by atoms with van der Waals surface area (Å²) in [5, 5.41) is 7.73. The summed E-state index contributed by atoms with van der Waals surface area (Å²) in [6.45, 7) is 0.180. The molecule has 0 saturated heterocycles. The molecule has 146 valence electrons. The van der Waals surface area contributed by atoms with Crippen molar-refractivity contribution in [3.63, 3.8) is 0 Å². The van der Waals surface area contributed by atoms with E-state index < -0.39 is 15.9 Å². The van der Waals surface area contributed by atoms with E-state index in [0.717, 1.165) is 0 Å². The molecular formula is C19H17FN2O5S. The second-order valence-corrected chi connectivity index (χ2v) is 7.45. The van der Waals surface area contributed by atoms with E-state index in [9.17, 15) is 17.6 Å². The molecule has 0 fully saturated rings. The molecule has 2 aromatic carbocycles. The summed E-state index contributed by atoms with van der Waals surface area (Å²) < 4.78 is 46.5. The van der Waals surface area contributed by atoms with Gasteiger partial charge in [0.2, 0.25) is 10.0 Å². The number of carbonyl (C=O) groups is 1. The maximum absolute atomic E-state index is 12.9. The topological polar surface area (TPSA) is 112 Å². The maximum Gasteiger partial charge on any atom is 0.287 e. The Labute approximate surface area is 161 Å². The number of ether oxygens (including phenoxy) is 1. The Morgan fingerprint density at radius 1 is 1.11 bits per heavy atom. The van der Waals surface area contributed by atoms with Crippen molar-refractivity contribution in [1.82, 2.24) is 5.32 Å². The van der Waals surface area contributed by atoms with Crippen LogP contribution in [0.4, 0.5) is 4.39 Å². The van der Waals surface area contributed by atoms with Crippen molar-refractivity contribution in [3.05, 3.63) is 83.6 Å². The van der Waals surface area contributed by atoms with Crippen LogP contribution in [0.3, 0.4) is 0 Å². The van der Waals surface area contributed by atoms with Gasteiger partial charge in [-0.15, -0.1) is 0 Å². The largest absolute Gasteiger partial charge is 0.486 e. The summed E-state index contributed by atoms with van der Waals surface area (Å²) in [6, 6.07) is 14.6. The smallest absolute Gasteiger partial charge is 0.287 e. The molecule has 1 amide bonds. The van der Waals surface area contributed by atoms with E-state index in [4.69, 9.17) is 14.3 Å². The molecule has 0 aliphatic carbocycles. The highest BCUT2D eigenvalue weighted by Gasteiger charge is 2.13. The van der Waals surface area contributed by atoms with E-state index in [1.165, 1.54) is 42.5 Å². The van der Waals surface area contributed by atoms with Gasteiger partial charge in [0.1, 0.15) is 23.9 Å². The van der Waals surface area contributed by atoms with E-state index in [0.29, 0.717) is 17.1 Å². The van der Waals surface area contributed by atoms with Crippen molar-refractivity contribution in [2.75, 3.05) is 0 Å². The summed E-state index contributed by atoms with van der Waals surface area (Å²) >= 11 is 0. The van der Waals surface area contributed by atoms with Crippen LogP contribution in [0.25, 0.3) is 0 Å². The number of hydrogen-bond acceptors (Lipinski definition) is 5. The lowest BCUT2D eigenvalue weighted by Gasteiger charge is -2.06. The number of furan rings is 1. The number of amides is 1. The zero-order valence-electron chi connectivity index (χ0n) is 14.6. The van der Waals surface area contributed by atoms with E-state index in [1.54, 1.807) is 18.2 Å². The van der Waals surface area contributed by atoms with Gasteiger partial charge in [-0.05, 0) is 54.1 Å². The monoisotopic (exact) mass is 404 g/mol. The highest BCUT2D eigenvalue weighted by atomic mass is 32.2. The Bertz CT molecular complexity index is 1080. The molecule has 0 aliphatic rings. The van der Waals surface area contributed by atoms with Crippen molar-refractivity contribution in [3.8, 4) is 5.75 Å². The van der Waals surface area contributed by atoms with Gasteiger partial charge in [0.05, 0.1) is 4.90 Å². The molecular weight excluding hydrogens is 387 g/mol. The Hall–Kier alpha value is -3.17. The van der Waals surface area contributed by atoms with Gasteiger partial charge in [0.15, 0.2) is 5.76 Å². The summed E-state index contributed by atoms with van der Waals surface area (Å²) in [4.78, 5) is 12.2. The maximum atomic E-state index is 12.9. The molecule has 0 bridgehead atoms. The highest BCUT2D eigenvalue weighted by Crippen LogP contribution is 2.15. The summed E-state index contributed by atoms with van der Waals surface area (Å²) in [5.41, 5.74) is 0.575. The Morgan fingerprint density at radius 2 is 1.86 bits per heavy atom. The zero-order valence-corrected chi connectivity index (χ0v) is 15.4. The normalized spacial score (nSPS) is 11.2. The molecule has 0 spiro atoms. The summed E-state index contributed by atoms with van der Waals surface area (Å²) in [5.74, 6) is 0.150. The second kappa shape index (κ2) is 8.24. The molecule has 3 rings (SSSR count).